The summed E-state index contributed by atoms with van der Waals surface area (Å²) >= 11 is 0. The fraction of sp³-hybridized carbons (Fsp3) is 0.846. The fourth-order valence-corrected chi connectivity index (χ4v) is 2.13. The predicted molar refractivity (Wildman–Crippen MR) is 72.2 cm³/mol. The molecular formula is C13H25N3O3. The van der Waals surface area contributed by atoms with Gasteiger partial charge in [-0.2, -0.15) is 0 Å². The summed E-state index contributed by atoms with van der Waals surface area (Å²) in [6.45, 7) is 3.61. The predicted octanol–water partition coefficient (Wildman–Crippen LogP) is -0.494. The maximum absolute atomic E-state index is 11.7. The van der Waals surface area contributed by atoms with Crippen LogP contribution in [0.15, 0.2) is 0 Å². The second kappa shape index (κ2) is 7.45. The third kappa shape index (κ3) is 5.16. The molecule has 6 heteroatoms. The maximum Gasteiger partial charge on any atom is 0.239 e. The highest BCUT2D eigenvalue weighted by molar-refractivity contribution is 5.87. The lowest BCUT2D eigenvalue weighted by molar-refractivity contribution is -0.128. The molecule has 0 bridgehead atoms. The molecule has 0 heterocycles. The molecule has 0 aromatic carbocycles. The molecule has 0 aromatic heterocycles. The van der Waals surface area contributed by atoms with Crippen LogP contribution in [0.5, 0.6) is 0 Å². The summed E-state index contributed by atoms with van der Waals surface area (Å²) in [4.78, 5) is 23.3. The van der Waals surface area contributed by atoms with Gasteiger partial charge in [-0.05, 0) is 18.8 Å². The van der Waals surface area contributed by atoms with Gasteiger partial charge in [0.25, 0.3) is 0 Å². The number of nitrogens with two attached hydrogens (primary N) is 1. The van der Waals surface area contributed by atoms with Crippen molar-refractivity contribution in [2.24, 2.45) is 11.7 Å². The van der Waals surface area contributed by atoms with Crippen LogP contribution >= 0.6 is 0 Å². The molecular weight excluding hydrogens is 246 g/mol. The van der Waals surface area contributed by atoms with Gasteiger partial charge in [-0.15, -0.1) is 0 Å². The summed E-state index contributed by atoms with van der Waals surface area (Å²) in [5.74, 6) is -0.576. The first-order chi connectivity index (χ1) is 8.91. The Balaban J connectivity index is 2.29. The van der Waals surface area contributed by atoms with E-state index in [0.717, 1.165) is 25.7 Å². The Hall–Kier alpha value is -1.14. The smallest absolute Gasteiger partial charge is 0.239 e. The van der Waals surface area contributed by atoms with E-state index in [1.165, 1.54) is 0 Å². The lowest BCUT2D eigenvalue weighted by Gasteiger charge is -2.28. The van der Waals surface area contributed by atoms with Crippen LogP contribution in [0.2, 0.25) is 0 Å². The summed E-state index contributed by atoms with van der Waals surface area (Å²) in [5.41, 5.74) is 5.67. The number of carbonyl (C=O) groups is 2. The van der Waals surface area contributed by atoms with E-state index in [-0.39, 0.29) is 30.3 Å². The van der Waals surface area contributed by atoms with E-state index in [9.17, 15) is 14.7 Å². The number of hydrogen-bond acceptors (Lipinski definition) is 4. The van der Waals surface area contributed by atoms with Crippen molar-refractivity contribution in [2.45, 2.75) is 57.7 Å². The van der Waals surface area contributed by atoms with Gasteiger partial charge >= 0.3 is 0 Å². The molecule has 5 N–H and O–H groups in total. The molecule has 0 aromatic rings. The van der Waals surface area contributed by atoms with Crippen LogP contribution in [0.25, 0.3) is 0 Å². The highest BCUT2D eigenvalue weighted by Crippen LogP contribution is 2.18. The highest BCUT2D eigenvalue weighted by atomic mass is 16.3. The summed E-state index contributed by atoms with van der Waals surface area (Å²) in [7, 11) is 0. The Morgan fingerprint density at radius 1 is 1.32 bits per heavy atom. The molecule has 6 nitrogen and oxygen atoms in total. The van der Waals surface area contributed by atoms with E-state index in [1.807, 2.05) is 13.8 Å². The van der Waals surface area contributed by atoms with Gasteiger partial charge in [0.2, 0.25) is 11.8 Å². The molecule has 1 aliphatic carbocycles. The molecule has 1 rings (SSSR count). The van der Waals surface area contributed by atoms with Gasteiger partial charge in [0.05, 0.1) is 24.7 Å². The first-order valence-electron chi connectivity index (χ1n) is 6.92. The maximum atomic E-state index is 11.7. The zero-order valence-electron chi connectivity index (χ0n) is 11.7. The van der Waals surface area contributed by atoms with E-state index in [2.05, 4.69) is 10.6 Å². The second-order valence-corrected chi connectivity index (χ2v) is 5.51. The molecule has 1 saturated carbocycles. The minimum atomic E-state index is -0.604. The van der Waals surface area contributed by atoms with Crippen LogP contribution in [0.4, 0.5) is 0 Å². The van der Waals surface area contributed by atoms with Crippen LogP contribution in [0, 0.1) is 5.92 Å². The van der Waals surface area contributed by atoms with Crippen molar-refractivity contribution in [1.82, 2.24) is 10.6 Å². The third-order valence-electron chi connectivity index (χ3n) is 3.52. The van der Waals surface area contributed by atoms with Crippen molar-refractivity contribution in [3.63, 3.8) is 0 Å². The van der Waals surface area contributed by atoms with E-state index >= 15 is 0 Å². The molecule has 110 valence electrons. The summed E-state index contributed by atoms with van der Waals surface area (Å²) in [6.07, 6.45) is 3.02. The third-order valence-corrected chi connectivity index (χ3v) is 3.52. The Morgan fingerprint density at radius 2 is 1.95 bits per heavy atom. The van der Waals surface area contributed by atoms with Crippen LogP contribution in [0.1, 0.15) is 39.5 Å². The number of amides is 2. The van der Waals surface area contributed by atoms with Gasteiger partial charge in [-0.1, -0.05) is 26.7 Å². The minimum Gasteiger partial charge on any atom is -0.391 e. The van der Waals surface area contributed by atoms with Gasteiger partial charge in [-0.3, -0.25) is 9.59 Å². The molecule has 0 saturated heterocycles. The van der Waals surface area contributed by atoms with Crippen LogP contribution in [0.3, 0.4) is 0 Å². The number of aliphatic hydroxyl groups is 1. The van der Waals surface area contributed by atoms with E-state index in [1.54, 1.807) is 0 Å². The van der Waals surface area contributed by atoms with Gasteiger partial charge in [0.15, 0.2) is 0 Å². The van der Waals surface area contributed by atoms with Crippen molar-refractivity contribution in [3.8, 4) is 0 Å². The lowest BCUT2D eigenvalue weighted by Crippen LogP contribution is -2.51. The minimum absolute atomic E-state index is 0.0308. The Bertz CT molecular complexity index is 320. The van der Waals surface area contributed by atoms with Crippen LogP contribution < -0.4 is 16.4 Å². The quantitative estimate of drug-likeness (QED) is 0.541. The van der Waals surface area contributed by atoms with Gasteiger partial charge < -0.3 is 21.5 Å². The van der Waals surface area contributed by atoms with Gasteiger partial charge in [-0.25, -0.2) is 0 Å². The molecule has 19 heavy (non-hydrogen) atoms. The highest BCUT2D eigenvalue weighted by Gasteiger charge is 2.24. The number of nitrogens with one attached hydrogen (secondary N) is 2. The van der Waals surface area contributed by atoms with E-state index < -0.39 is 12.1 Å². The number of hydrogen-bond donors (Lipinski definition) is 4. The first kappa shape index (κ1) is 15.9. The zero-order valence-corrected chi connectivity index (χ0v) is 11.7. The van der Waals surface area contributed by atoms with Crippen molar-refractivity contribution in [2.75, 3.05) is 6.54 Å². The van der Waals surface area contributed by atoms with Crippen molar-refractivity contribution in [3.05, 3.63) is 0 Å². The fourth-order valence-electron chi connectivity index (χ4n) is 2.13. The molecule has 1 fully saturated rings. The lowest BCUT2D eigenvalue weighted by atomic mass is 9.92. The Kier molecular flexibility index (Phi) is 6.24. The van der Waals surface area contributed by atoms with Crippen molar-refractivity contribution < 1.29 is 14.7 Å². The van der Waals surface area contributed by atoms with Crippen molar-refractivity contribution in [1.29, 1.82) is 0 Å². The van der Waals surface area contributed by atoms with Crippen LogP contribution in [-0.2, 0) is 9.59 Å². The van der Waals surface area contributed by atoms with Crippen molar-refractivity contribution >= 4 is 11.8 Å². The number of aliphatic hydroxyl groups excluding tert-OH is 1. The zero-order chi connectivity index (χ0) is 14.4. The van der Waals surface area contributed by atoms with Gasteiger partial charge in [0, 0.05) is 0 Å². The SMILES string of the molecule is CC(C)[C@H](N)C(=O)NCC(=O)N[C@@H]1CCCC[C@H]1O. The Morgan fingerprint density at radius 3 is 2.53 bits per heavy atom. The standard InChI is InChI=1S/C13H25N3O3/c1-8(2)12(14)13(19)15-7-11(18)16-9-5-3-4-6-10(9)17/h8-10,12,17H,3-7,14H2,1-2H3,(H,15,19)(H,16,18)/t9-,10-,12+/m1/s1. The summed E-state index contributed by atoms with van der Waals surface area (Å²) in [6, 6.07) is -0.801. The molecule has 1 aliphatic rings. The van der Waals surface area contributed by atoms with Gasteiger partial charge in [0.1, 0.15) is 0 Å². The Labute approximate surface area is 114 Å². The average Bonchev–Trinajstić information content (AvgIpc) is 2.37. The van der Waals surface area contributed by atoms with E-state index in [4.69, 9.17) is 5.73 Å². The number of rotatable bonds is 5. The molecule has 0 aliphatic heterocycles. The summed E-state index contributed by atoms with van der Waals surface area (Å²) in [5, 5.41) is 15.0. The summed E-state index contributed by atoms with van der Waals surface area (Å²) < 4.78 is 0. The second-order valence-electron chi connectivity index (χ2n) is 5.51. The number of carbonyl (C=O) groups excluding carboxylic acids is 2. The largest absolute Gasteiger partial charge is 0.391 e. The molecule has 0 radical (unpaired) electrons. The van der Waals surface area contributed by atoms with Crippen LogP contribution in [-0.4, -0.2) is 41.7 Å². The topological polar surface area (TPSA) is 104 Å². The van der Waals surface area contributed by atoms with E-state index in [0.29, 0.717) is 0 Å². The normalized spacial score (nSPS) is 24.9. The molecule has 2 amide bonds. The first-order valence-corrected chi connectivity index (χ1v) is 6.92. The average molecular weight is 271 g/mol. The monoisotopic (exact) mass is 271 g/mol. The molecule has 0 unspecified atom stereocenters. The molecule has 3 atom stereocenters. The molecule has 0 spiro atoms.